The molecule has 6 rings (SSSR count). The van der Waals surface area contributed by atoms with E-state index in [0.29, 0.717) is 13.1 Å². The van der Waals surface area contributed by atoms with Crippen LogP contribution < -0.4 is 16.0 Å². The number of nitrogens with one attached hydrogen (secondary N) is 3. The highest BCUT2D eigenvalue weighted by Gasteiger charge is 2.40. The minimum absolute atomic E-state index is 0.142. The van der Waals surface area contributed by atoms with Gasteiger partial charge in [-0.1, -0.05) is 182 Å². The minimum Gasteiger partial charge on any atom is -0.396 e. The summed E-state index contributed by atoms with van der Waals surface area (Å²) in [5, 5.41) is 21.0. The maximum absolute atomic E-state index is 14.1. The van der Waals surface area contributed by atoms with Crippen LogP contribution in [0.2, 0.25) is 0 Å². The van der Waals surface area contributed by atoms with E-state index in [-0.39, 0.29) is 18.9 Å². The fourth-order valence-electron chi connectivity index (χ4n) is 6.90. The summed E-state index contributed by atoms with van der Waals surface area (Å²) in [7, 11) is 0. The van der Waals surface area contributed by atoms with Crippen molar-refractivity contribution in [1.29, 1.82) is 0 Å². The van der Waals surface area contributed by atoms with Crippen LogP contribution in [0, 0.1) is 0 Å². The van der Waals surface area contributed by atoms with Gasteiger partial charge in [0.15, 0.2) is 0 Å². The normalized spacial score (nSPS) is 12.3. The highest BCUT2D eigenvalue weighted by Crippen LogP contribution is 2.38. The summed E-state index contributed by atoms with van der Waals surface area (Å²) < 4.78 is 0. The molecule has 0 radical (unpaired) electrons. The van der Waals surface area contributed by atoms with E-state index in [4.69, 9.17) is 0 Å². The van der Waals surface area contributed by atoms with Crippen LogP contribution in [-0.2, 0) is 15.9 Å². The van der Waals surface area contributed by atoms with Crippen molar-refractivity contribution >= 4 is 5.91 Å². The molecule has 5 heteroatoms. The molecule has 5 nitrogen and oxygen atoms in total. The van der Waals surface area contributed by atoms with Gasteiger partial charge in [0.2, 0.25) is 5.91 Å². The van der Waals surface area contributed by atoms with Gasteiger partial charge in [0, 0.05) is 19.7 Å². The zero-order valence-electron chi connectivity index (χ0n) is 27.6. The van der Waals surface area contributed by atoms with Crippen LogP contribution in [0.5, 0.6) is 0 Å². The van der Waals surface area contributed by atoms with Gasteiger partial charge in [0.1, 0.15) is 0 Å². The molecule has 0 saturated carbocycles. The third-order valence-corrected chi connectivity index (χ3v) is 9.18. The summed E-state index contributed by atoms with van der Waals surface area (Å²) in [5.74, 6) is -0.173. The van der Waals surface area contributed by atoms with Crippen molar-refractivity contribution in [1.82, 2.24) is 16.0 Å². The van der Waals surface area contributed by atoms with Gasteiger partial charge in [-0.25, -0.2) is 0 Å². The number of benzene rings is 6. The van der Waals surface area contributed by atoms with E-state index >= 15 is 0 Å². The predicted octanol–water partition coefficient (Wildman–Crippen LogP) is 7.02. The molecule has 49 heavy (non-hydrogen) atoms. The first kappa shape index (κ1) is 33.6. The van der Waals surface area contributed by atoms with E-state index in [0.717, 1.165) is 33.4 Å². The quantitative estimate of drug-likeness (QED) is 0.0716. The smallest absolute Gasteiger partial charge is 0.237 e. The maximum Gasteiger partial charge on any atom is 0.237 e. The molecule has 0 fully saturated rings. The third-order valence-electron chi connectivity index (χ3n) is 9.18. The van der Waals surface area contributed by atoms with Crippen molar-refractivity contribution in [2.75, 3.05) is 19.7 Å². The average molecular weight is 646 g/mol. The van der Waals surface area contributed by atoms with Crippen LogP contribution in [-0.4, -0.2) is 36.8 Å². The second kappa shape index (κ2) is 16.2. The number of carbonyl (C=O) groups is 1. The first-order valence-electron chi connectivity index (χ1n) is 16.9. The lowest BCUT2D eigenvalue weighted by molar-refractivity contribution is -0.123. The first-order chi connectivity index (χ1) is 24.2. The highest BCUT2D eigenvalue weighted by molar-refractivity contribution is 5.82. The monoisotopic (exact) mass is 645 g/mol. The molecule has 0 heterocycles. The van der Waals surface area contributed by atoms with Crippen molar-refractivity contribution in [3.63, 3.8) is 0 Å². The number of hydrogen-bond donors (Lipinski definition) is 4. The van der Waals surface area contributed by atoms with Crippen molar-refractivity contribution in [2.45, 2.75) is 23.5 Å². The Labute approximate surface area is 289 Å². The Morgan fingerprint density at radius 2 is 0.776 bits per heavy atom. The predicted molar refractivity (Wildman–Crippen MR) is 198 cm³/mol. The Morgan fingerprint density at radius 1 is 0.469 bits per heavy atom. The summed E-state index contributed by atoms with van der Waals surface area (Å²) in [6, 6.07) is 61.2. The standard InChI is InChI=1S/C44H43N3O2/c48-34-31-41(47-44(38-25-13-4-14-26-38,39-27-15-5-16-28-39)40-29-17-6-18-30-40)42(49)45-32-33-46-43(35-19-7-1-8-20-35,36-21-9-2-10-22-36)37-23-11-3-12-24-37/h1-30,41,46-48H,31-34H2,(H,45,49). The second-order valence-electron chi connectivity index (χ2n) is 12.1. The van der Waals surface area contributed by atoms with Crippen LogP contribution >= 0.6 is 0 Å². The van der Waals surface area contributed by atoms with Gasteiger partial charge in [-0.3, -0.25) is 15.4 Å². The van der Waals surface area contributed by atoms with Gasteiger partial charge >= 0.3 is 0 Å². The summed E-state index contributed by atoms with van der Waals surface area (Å²) in [5.41, 5.74) is 4.85. The van der Waals surface area contributed by atoms with Crippen LogP contribution in [0.1, 0.15) is 39.8 Å². The fraction of sp³-hybridized carbons (Fsp3) is 0.159. The lowest BCUT2D eigenvalue weighted by Crippen LogP contribution is -2.56. The molecule has 4 N–H and O–H groups in total. The number of aliphatic hydroxyl groups excluding tert-OH is 1. The van der Waals surface area contributed by atoms with E-state index in [1.807, 2.05) is 72.8 Å². The van der Waals surface area contributed by atoms with E-state index in [2.05, 4.69) is 125 Å². The van der Waals surface area contributed by atoms with Crippen molar-refractivity contribution < 1.29 is 9.90 Å². The SMILES string of the molecule is O=C(NCCNC(c1ccccc1)(c1ccccc1)c1ccccc1)C(CCO)NC(c1ccccc1)(c1ccccc1)c1ccccc1. The molecule has 0 aliphatic carbocycles. The van der Waals surface area contributed by atoms with Crippen LogP contribution in [0.3, 0.4) is 0 Å². The number of carbonyl (C=O) groups excluding carboxylic acids is 1. The van der Waals surface area contributed by atoms with Gasteiger partial charge in [-0.05, 0) is 39.8 Å². The molecule has 0 spiro atoms. The van der Waals surface area contributed by atoms with Crippen molar-refractivity contribution in [3.8, 4) is 0 Å². The maximum atomic E-state index is 14.1. The van der Waals surface area contributed by atoms with Crippen LogP contribution in [0.15, 0.2) is 182 Å². The van der Waals surface area contributed by atoms with Gasteiger partial charge in [-0.2, -0.15) is 0 Å². The fourth-order valence-corrected chi connectivity index (χ4v) is 6.90. The van der Waals surface area contributed by atoms with Gasteiger partial charge in [0.25, 0.3) is 0 Å². The van der Waals surface area contributed by atoms with E-state index in [9.17, 15) is 9.90 Å². The number of hydrogen-bond acceptors (Lipinski definition) is 4. The topological polar surface area (TPSA) is 73.4 Å². The third kappa shape index (κ3) is 7.25. The molecule has 0 aliphatic heterocycles. The Kier molecular flexibility index (Phi) is 11.1. The number of rotatable bonds is 15. The number of aliphatic hydroxyl groups is 1. The summed E-state index contributed by atoms with van der Waals surface area (Å²) in [6.45, 7) is 0.736. The van der Waals surface area contributed by atoms with Crippen LogP contribution in [0.25, 0.3) is 0 Å². The summed E-state index contributed by atoms with van der Waals surface area (Å²) >= 11 is 0. The van der Waals surface area contributed by atoms with Crippen molar-refractivity contribution in [2.24, 2.45) is 0 Å². The molecule has 1 atom stereocenters. The highest BCUT2D eigenvalue weighted by atomic mass is 16.3. The van der Waals surface area contributed by atoms with Gasteiger partial charge in [0.05, 0.1) is 17.1 Å². The lowest BCUT2D eigenvalue weighted by Gasteiger charge is -2.40. The zero-order chi connectivity index (χ0) is 33.8. The van der Waals surface area contributed by atoms with Gasteiger partial charge < -0.3 is 10.4 Å². The van der Waals surface area contributed by atoms with E-state index in [1.165, 1.54) is 0 Å². The molecule has 0 saturated heterocycles. The molecule has 1 amide bonds. The average Bonchev–Trinajstić information content (AvgIpc) is 3.18. The minimum atomic E-state index is -0.845. The van der Waals surface area contributed by atoms with Gasteiger partial charge in [-0.15, -0.1) is 0 Å². The molecule has 1 unspecified atom stereocenters. The Morgan fingerprint density at radius 3 is 1.08 bits per heavy atom. The van der Waals surface area contributed by atoms with E-state index in [1.54, 1.807) is 0 Å². The number of amides is 1. The molecular weight excluding hydrogens is 603 g/mol. The Hall–Kier alpha value is -5.33. The molecule has 246 valence electrons. The largest absolute Gasteiger partial charge is 0.396 e. The Bertz CT molecular complexity index is 1660. The zero-order valence-corrected chi connectivity index (χ0v) is 27.6. The van der Waals surface area contributed by atoms with Crippen molar-refractivity contribution in [3.05, 3.63) is 215 Å². The van der Waals surface area contributed by atoms with E-state index < -0.39 is 17.1 Å². The first-order valence-corrected chi connectivity index (χ1v) is 16.9. The summed E-state index contributed by atoms with van der Waals surface area (Å²) in [4.78, 5) is 14.1. The lowest BCUT2D eigenvalue weighted by atomic mass is 9.76. The second-order valence-corrected chi connectivity index (χ2v) is 12.1. The molecule has 0 bridgehead atoms. The molecular formula is C44H43N3O2. The Balaban J connectivity index is 1.29. The molecule has 0 aliphatic rings. The molecule has 6 aromatic rings. The van der Waals surface area contributed by atoms with Crippen LogP contribution in [0.4, 0.5) is 0 Å². The summed E-state index contributed by atoms with van der Waals surface area (Å²) in [6.07, 6.45) is 0.246. The molecule has 0 aromatic heterocycles. The molecule has 6 aromatic carbocycles.